The lowest BCUT2D eigenvalue weighted by atomic mass is 10.00. The molecule has 5 rings (SSSR count). The summed E-state index contributed by atoms with van der Waals surface area (Å²) in [5.41, 5.74) is 6.44. The fourth-order valence-corrected chi connectivity index (χ4v) is 4.40. The highest BCUT2D eigenvalue weighted by Gasteiger charge is 2.41. The molecule has 0 saturated carbocycles. The number of amides is 1. The van der Waals surface area contributed by atoms with Gasteiger partial charge in [-0.15, -0.1) is 0 Å². The van der Waals surface area contributed by atoms with Crippen molar-refractivity contribution in [3.63, 3.8) is 0 Å². The molecule has 1 aromatic carbocycles. The molecule has 1 aromatic rings. The summed E-state index contributed by atoms with van der Waals surface area (Å²) in [4.78, 5) is 29.8. The van der Waals surface area contributed by atoms with Gasteiger partial charge in [0.1, 0.15) is 0 Å². The Hall–Kier alpha value is -2.22. The Morgan fingerprint density at radius 1 is 1.22 bits per heavy atom. The smallest absolute Gasteiger partial charge is 0.259 e. The Balaban J connectivity index is 1.38. The molecule has 0 spiro atoms. The predicted molar refractivity (Wildman–Crippen MR) is 102 cm³/mol. The van der Waals surface area contributed by atoms with E-state index in [1.54, 1.807) is 0 Å². The monoisotopic (exact) mass is 367 g/mol. The number of hydrogen-bond donors (Lipinski definition) is 1. The van der Waals surface area contributed by atoms with Crippen LogP contribution in [0.25, 0.3) is 0 Å². The topological polar surface area (TPSA) is 60.4 Å². The van der Waals surface area contributed by atoms with Crippen molar-refractivity contribution in [2.75, 3.05) is 39.3 Å². The first-order valence-electron chi connectivity index (χ1n) is 9.79. The van der Waals surface area contributed by atoms with Crippen LogP contribution in [0.1, 0.15) is 18.4 Å². The van der Waals surface area contributed by atoms with Crippen molar-refractivity contribution in [3.8, 4) is 0 Å². The van der Waals surface area contributed by atoms with Gasteiger partial charge in [-0.2, -0.15) is 5.48 Å². The minimum absolute atomic E-state index is 0.119. The number of guanidine groups is 1. The lowest BCUT2D eigenvalue weighted by molar-refractivity contribution is -0.125. The molecule has 0 aromatic heterocycles. The van der Waals surface area contributed by atoms with Crippen molar-refractivity contribution < 1.29 is 9.63 Å². The molecule has 0 bridgehead atoms. The van der Waals surface area contributed by atoms with E-state index in [4.69, 9.17) is 4.84 Å². The van der Waals surface area contributed by atoms with E-state index in [2.05, 4.69) is 44.5 Å². The summed E-state index contributed by atoms with van der Waals surface area (Å²) in [6.07, 6.45) is 1.83. The Kier molecular flexibility index (Phi) is 4.43. The van der Waals surface area contributed by atoms with Gasteiger partial charge in [-0.3, -0.25) is 19.6 Å². The number of hydrogen-bond acceptors (Lipinski definition) is 6. The zero-order chi connectivity index (χ0) is 18.2. The maximum atomic E-state index is 13.4. The van der Waals surface area contributed by atoms with Crippen LogP contribution in [0.15, 0.2) is 46.6 Å². The van der Waals surface area contributed by atoms with E-state index in [-0.39, 0.29) is 11.9 Å². The Morgan fingerprint density at radius 2 is 2.11 bits per heavy atom. The molecule has 4 aliphatic rings. The van der Waals surface area contributed by atoms with Crippen LogP contribution in [0.5, 0.6) is 0 Å². The molecule has 0 radical (unpaired) electrons. The fraction of sp³-hybridized carbons (Fsp3) is 0.500. The standard InChI is InChI=1S/C20H25N5O2/c26-19-17-14-23(12-15-4-2-1-3-5-15)9-6-18(17)24-10-8-21-20(24)25(19)13-16-7-11-27-22-16/h1-5,16,22H,6-14H2. The van der Waals surface area contributed by atoms with Gasteiger partial charge >= 0.3 is 0 Å². The second kappa shape index (κ2) is 7.07. The molecule has 27 heavy (non-hydrogen) atoms. The summed E-state index contributed by atoms with van der Waals surface area (Å²) in [7, 11) is 0. The number of nitrogens with zero attached hydrogens (tertiary/aromatic N) is 4. The number of rotatable bonds is 4. The van der Waals surface area contributed by atoms with E-state index in [0.717, 1.165) is 50.6 Å². The van der Waals surface area contributed by atoms with Gasteiger partial charge in [0, 0.05) is 44.8 Å². The van der Waals surface area contributed by atoms with Crippen LogP contribution in [0.4, 0.5) is 0 Å². The van der Waals surface area contributed by atoms with Gasteiger partial charge in [0.15, 0.2) is 0 Å². The lowest BCUT2D eigenvalue weighted by Crippen LogP contribution is -2.56. The molecule has 1 amide bonds. The second-order valence-electron chi connectivity index (χ2n) is 7.57. The first kappa shape index (κ1) is 16.9. The average molecular weight is 367 g/mol. The molecule has 1 fully saturated rings. The first-order valence-corrected chi connectivity index (χ1v) is 9.79. The van der Waals surface area contributed by atoms with Gasteiger partial charge < -0.3 is 9.74 Å². The van der Waals surface area contributed by atoms with E-state index in [9.17, 15) is 4.79 Å². The number of hydroxylamine groups is 1. The lowest BCUT2D eigenvalue weighted by Gasteiger charge is -2.42. The minimum atomic E-state index is 0.119. The number of benzene rings is 1. The number of nitrogens with one attached hydrogen (secondary N) is 1. The summed E-state index contributed by atoms with van der Waals surface area (Å²) in [5, 5.41) is 0. The van der Waals surface area contributed by atoms with Crippen LogP contribution in [-0.2, 0) is 16.2 Å². The van der Waals surface area contributed by atoms with Crippen LogP contribution in [-0.4, -0.2) is 71.9 Å². The van der Waals surface area contributed by atoms with Gasteiger partial charge in [0.05, 0.1) is 24.8 Å². The molecular weight excluding hydrogens is 342 g/mol. The third kappa shape index (κ3) is 3.16. The Bertz CT molecular complexity index is 785. The third-order valence-electron chi connectivity index (χ3n) is 5.75. The van der Waals surface area contributed by atoms with Gasteiger partial charge in [0.2, 0.25) is 5.96 Å². The summed E-state index contributed by atoms with van der Waals surface area (Å²) < 4.78 is 0. The van der Waals surface area contributed by atoms with Crippen molar-refractivity contribution in [2.24, 2.45) is 4.99 Å². The van der Waals surface area contributed by atoms with Gasteiger partial charge in [0.25, 0.3) is 5.91 Å². The maximum Gasteiger partial charge on any atom is 0.259 e. The maximum absolute atomic E-state index is 13.4. The van der Waals surface area contributed by atoms with E-state index in [1.165, 1.54) is 11.3 Å². The van der Waals surface area contributed by atoms with E-state index in [1.807, 2.05) is 11.0 Å². The van der Waals surface area contributed by atoms with Gasteiger partial charge in [-0.1, -0.05) is 30.3 Å². The molecule has 142 valence electrons. The molecule has 1 saturated heterocycles. The molecule has 1 atom stereocenters. The zero-order valence-electron chi connectivity index (χ0n) is 15.4. The number of aliphatic imine (C=N–C) groups is 1. The first-order chi connectivity index (χ1) is 13.3. The third-order valence-corrected chi connectivity index (χ3v) is 5.75. The van der Waals surface area contributed by atoms with Crippen LogP contribution >= 0.6 is 0 Å². The van der Waals surface area contributed by atoms with E-state index < -0.39 is 0 Å². The van der Waals surface area contributed by atoms with Crippen molar-refractivity contribution in [1.82, 2.24) is 20.2 Å². The highest BCUT2D eigenvalue weighted by Crippen LogP contribution is 2.31. The molecule has 1 unspecified atom stereocenters. The molecule has 4 aliphatic heterocycles. The second-order valence-corrected chi connectivity index (χ2v) is 7.57. The molecular formula is C20H25N5O2. The highest BCUT2D eigenvalue weighted by molar-refractivity contribution is 6.10. The van der Waals surface area contributed by atoms with Crippen molar-refractivity contribution in [3.05, 3.63) is 47.2 Å². The molecule has 0 aliphatic carbocycles. The van der Waals surface area contributed by atoms with Crippen molar-refractivity contribution in [2.45, 2.75) is 25.4 Å². The van der Waals surface area contributed by atoms with Gasteiger partial charge in [-0.25, -0.2) is 0 Å². The number of carbonyl (C=O) groups is 1. The minimum Gasteiger partial charge on any atom is -0.314 e. The van der Waals surface area contributed by atoms with Crippen LogP contribution in [0.2, 0.25) is 0 Å². The Labute approximate surface area is 159 Å². The molecule has 7 nitrogen and oxygen atoms in total. The SMILES string of the molecule is O=C1C2=C(CCN(Cc3ccccc3)C2)N2CCN=C2N1CC1CCON1. The molecule has 4 heterocycles. The highest BCUT2D eigenvalue weighted by atomic mass is 16.7. The summed E-state index contributed by atoms with van der Waals surface area (Å²) >= 11 is 0. The van der Waals surface area contributed by atoms with Crippen molar-refractivity contribution in [1.29, 1.82) is 0 Å². The summed E-state index contributed by atoms with van der Waals surface area (Å²) in [6.45, 7) is 5.51. The molecule has 1 N–H and O–H groups in total. The van der Waals surface area contributed by atoms with Crippen molar-refractivity contribution >= 4 is 11.9 Å². The fourth-order valence-electron chi connectivity index (χ4n) is 4.40. The summed E-state index contributed by atoms with van der Waals surface area (Å²) in [5.74, 6) is 0.956. The van der Waals surface area contributed by atoms with Crippen LogP contribution in [0.3, 0.4) is 0 Å². The largest absolute Gasteiger partial charge is 0.314 e. The number of carbonyl (C=O) groups excluding carboxylic acids is 1. The van der Waals surface area contributed by atoms with Crippen LogP contribution < -0.4 is 5.48 Å². The normalized spacial score (nSPS) is 25.7. The van der Waals surface area contributed by atoms with Crippen LogP contribution in [0, 0.1) is 0 Å². The van der Waals surface area contributed by atoms with E-state index >= 15 is 0 Å². The van der Waals surface area contributed by atoms with E-state index in [0.29, 0.717) is 19.7 Å². The summed E-state index contributed by atoms with van der Waals surface area (Å²) in [6, 6.07) is 10.6. The van der Waals surface area contributed by atoms with Gasteiger partial charge in [-0.05, 0) is 12.0 Å². The average Bonchev–Trinajstić information content (AvgIpc) is 3.38. The molecule has 7 heteroatoms. The Morgan fingerprint density at radius 3 is 2.93 bits per heavy atom. The number of fused-ring (bicyclic) bond motifs is 2. The zero-order valence-corrected chi connectivity index (χ0v) is 15.4. The predicted octanol–water partition coefficient (Wildman–Crippen LogP) is 0.954. The quantitative estimate of drug-likeness (QED) is 0.859.